The van der Waals surface area contributed by atoms with Crippen LogP contribution in [0.25, 0.3) is 21.6 Å². The molecule has 9 nitrogen and oxygen atoms in total. The van der Waals surface area contributed by atoms with Gasteiger partial charge in [-0.1, -0.05) is 40.8 Å². The third-order valence-corrected chi connectivity index (χ3v) is 7.13. The second kappa shape index (κ2) is 9.49. The predicted molar refractivity (Wildman–Crippen MR) is 128 cm³/mol. The van der Waals surface area contributed by atoms with E-state index in [-0.39, 0.29) is 29.3 Å². The van der Waals surface area contributed by atoms with Gasteiger partial charge in [-0.05, 0) is 35.7 Å². The summed E-state index contributed by atoms with van der Waals surface area (Å²) in [5.41, 5.74) is 3.36. The number of likely N-dealkylation sites (tertiary alicyclic amines) is 1. The number of fused-ring (bicyclic) bond motifs is 1. The maximum absolute atomic E-state index is 13.4. The number of carbonyl (C=O) groups excluding carboxylic acids is 1. The smallest absolute Gasteiger partial charge is 0.305 e. The highest BCUT2D eigenvalue weighted by atomic mass is 32.1. The molecule has 0 aliphatic carbocycles. The van der Waals surface area contributed by atoms with E-state index in [0.29, 0.717) is 18.9 Å². The number of nitrogens with one attached hydrogen (secondary N) is 1. The summed E-state index contributed by atoms with van der Waals surface area (Å²) < 4.78 is 5.76. The summed E-state index contributed by atoms with van der Waals surface area (Å²) in [6.07, 6.45) is 1.89. The Morgan fingerprint density at radius 2 is 2.24 bits per heavy atom. The lowest BCUT2D eigenvalue weighted by atomic mass is 10.0. The Morgan fingerprint density at radius 1 is 1.35 bits per heavy atom. The van der Waals surface area contributed by atoms with E-state index >= 15 is 0 Å². The highest BCUT2D eigenvalue weighted by Crippen LogP contribution is 2.27. The Balaban J connectivity index is 1.41. The Labute approximate surface area is 199 Å². The van der Waals surface area contributed by atoms with E-state index in [9.17, 15) is 14.7 Å². The van der Waals surface area contributed by atoms with Crippen molar-refractivity contribution in [1.82, 2.24) is 24.9 Å². The normalized spacial score (nSPS) is 17.3. The van der Waals surface area contributed by atoms with Crippen molar-refractivity contribution in [3.05, 3.63) is 69.7 Å². The molecule has 3 heterocycles. The van der Waals surface area contributed by atoms with Crippen LogP contribution >= 0.6 is 11.3 Å². The summed E-state index contributed by atoms with van der Waals surface area (Å²) in [5, 5.41) is 13.9. The number of hydrogen-bond donors (Lipinski definition) is 2. The number of thiazole rings is 1. The van der Waals surface area contributed by atoms with Gasteiger partial charge in [0.05, 0.1) is 28.8 Å². The Bertz CT molecular complexity index is 1350. The molecule has 0 unspecified atom stereocenters. The lowest BCUT2D eigenvalue weighted by Crippen LogP contribution is -2.39. The molecule has 2 aromatic carbocycles. The number of benzene rings is 2. The van der Waals surface area contributed by atoms with E-state index in [2.05, 4.69) is 20.0 Å². The summed E-state index contributed by atoms with van der Waals surface area (Å²) in [6.45, 7) is 1.98. The number of aromatic amines is 1. The summed E-state index contributed by atoms with van der Waals surface area (Å²) in [6, 6.07) is 13.2. The minimum atomic E-state index is -0.341. The molecule has 0 spiro atoms. The summed E-state index contributed by atoms with van der Waals surface area (Å²) in [4.78, 5) is 35.8. The second-order valence-corrected chi connectivity index (χ2v) is 9.64. The molecule has 1 aliphatic heterocycles. The number of β-amino-alcohol motifs (C(OH)–C–C–N with tert-alkyl or cyclic N) is 1. The molecule has 176 valence electrons. The number of aliphatic hydroxyl groups excluding tert-OH is 1. The van der Waals surface area contributed by atoms with E-state index < -0.39 is 0 Å². The molecule has 1 amide bonds. The molecule has 1 fully saturated rings. The summed E-state index contributed by atoms with van der Waals surface area (Å²) in [7, 11) is 1.81. The van der Waals surface area contributed by atoms with E-state index in [1.165, 1.54) is 6.39 Å². The number of nitrogens with zero attached hydrogens (tertiary/aromatic N) is 4. The molecule has 0 saturated carbocycles. The molecule has 2 aromatic heterocycles. The molecule has 0 bridgehead atoms. The number of H-pyrrole nitrogens is 1. The van der Waals surface area contributed by atoms with E-state index in [0.717, 1.165) is 51.2 Å². The maximum Gasteiger partial charge on any atom is 0.305 e. The highest BCUT2D eigenvalue weighted by Gasteiger charge is 2.28. The first-order valence-electron chi connectivity index (χ1n) is 11.1. The largest absolute Gasteiger partial charge is 0.392 e. The van der Waals surface area contributed by atoms with Gasteiger partial charge < -0.3 is 19.5 Å². The van der Waals surface area contributed by atoms with Gasteiger partial charge in [0.2, 0.25) is 18.1 Å². The van der Waals surface area contributed by atoms with Crippen LogP contribution in [0, 0.1) is 0 Å². The van der Waals surface area contributed by atoms with Crippen molar-refractivity contribution in [2.75, 3.05) is 26.7 Å². The molecule has 2 N–H and O–H groups in total. The Kier molecular flexibility index (Phi) is 6.27. The van der Waals surface area contributed by atoms with Crippen LogP contribution in [-0.2, 0) is 11.2 Å². The Morgan fingerprint density at radius 3 is 3.00 bits per heavy atom. The van der Waals surface area contributed by atoms with Gasteiger partial charge in [0.15, 0.2) is 0 Å². The standard InChI is InChI=1S/C24H25N5O4S/c1-28(22(31)10-15-5-6-21-19(9-15)26-24(32)34-21)20(13-29-8-7-18(30)12-29)16-3-2-4-17(11-16)23-25-14-33-27-23/h2-6,9,11,14,18,20,30H,7-8,10,12-13H2,1H3,(H,26,32)/t18-,20+/m0/s1. The van der Waals surface area contributed by atoms with Crippen molar-refractivity contribution in [2.24, 2.45) is 0 Å². The number of hydrogen-bond acceptors (Lipinski definition) is 8. The molecule has 10 heteroatoms. The van der Waals surface area contributed by atoms with Crippen molar-refractivity contribution in [3.8, 4) is 11.4 Å². The van der Waals surface area contributed by atoms with Gasteiger partial charge in [-0.2, -0.15) is 4.98 Å². The van der Waals surface area contributed by atoms with Crippen LogP contribution in [0.3, 0.4) is 0 Å². The Hall–Kier alpha value is -3.34. The van der Waals surface area contributed by atoms with Crippen LogP contribution in [-0.4, -0.2) is 68.7 Å². The van der Waals surface area contributed by atoms with Crippen LogP contribution in [0.5, 0.6) is 0 Å². The fourth-order valence-electron chi connectivity index (χ4n) is 4.44. The molecular weight excluding hydrogens is 454 g/mol. The van der Waals surface area contributed by atoms with Gasteiger partial charge >= 0.3 is 4.87 Å². The number of likely N-dealkylation sites (N-methyl/N-ethyl adjacent to an activating group) is 1. The van der Waals surface area contributed by atoms with E-state index in [1.54, 1.807) is 4.90 Å². The van der Waals surface area contributed by atoms with Gasteiger partial charge in [0, 0.05) is 32.2 Å². The minimum Gasteiger partial charge on any atom is -0.392 e. The third-order valence-electron chi connectivity index (χ3n) is 6.27. The highest BCUT2D eigenvalue weighted by molar-refractivity contribution is 7.16. The van der Waals surface area contributed by atoms with Crippen molar-refractivity contribution in [2.45, 2.75) is 25.0 Å². The number of aromatic nitrogens is 3. The fourth-order valence-corrected chi connectivity index (χ4v) is 5.16. The van der Waals surface area contributed by atoms with Gasteiger partial charge in [-0.15, -0.1) is 0 Å². The molecule has 5 rings (SSSR count). The van der Waals surface area contributed by atoms with Crippen molar-refractivity contribution in [1.29, 1.82) is 0 Å². The average molecular weight is 480 g/mol. The van der Waals surface area contributed by atoms with Crippen LogP contribution in [0.4, 0.5) is 0 Å². The molecule has 4 aromatic rings. The third kappa shape index (κ3) is 4.79. The first kappa shape index (κ1) is 22.5. The number of carbonyl (C=O) groups is 1. The average Bonchev–Trinajstić information content (AvgIpc) is 3.57. The van der Waals surface area contributed by atoms with Crippen LogP contribution < -0.4 is 4.87 Å². The minimum absolute atomic E-state index is 0.0355. The molecular formula is C24H25N5O4S. The number of aliphatic hydroxyl groups is 1. The lowest BCUT2D eigenvalue weighted by molar-refractivity contribution is -0.131. The topological polar surface area (TPSA) is 116 Å². The summed E-state index contributed by atoms with van der Waals surface area (Å²) in [5.74, 6) is 0.455. The van der Waals surface area contributed by atoms with E-state index in [4.69, 9.17) is 4.52 Å². The molecule has 2 atom stereocenters. The zero-order valence-corrected chi connectivity index (χ0v) is 19.5. The predicted octanol–water partition coefficient (Wildman–Crippen LogP) is 2.45. The second-order valence-electron chi connectivity index (χ2n) is 8.62. The first-order valence-corrected chi connectivity index (χ1v) is 11.9. The van der Waals surface area contributed by atoms with Gasteiger partial charge in [-0.25, -0.2) is 0 Å². The monoisotopic (exact) mass is 479 g/mol. The molecule has 0 radical (unpaired) electrons. The zero-order chi connectivity index (χ0) is 23.7. The number of amides is 1. The van der Waals surface area contributed by atoms with Crippen molar-refractivity contribution >= 4 is 27.5 Å². The molecule has 34 heavy (non-hydrogen) atoms. The SMILES string of the molecule is CN(C(=O)Cc1ccc2sc(=O)[nH]c2c1)[C@H](CN1CC[C@H](O)C1)c1cccc(-c2ncon2)c1. The van der Waals surface area contributed by atoms with E-state index in [1.807, 2.05) is 49.5 Å². The van der Waals surface area contributed by atoms with Gasteiger partial charge in [-0.3, -0.25) is 14.5 Å². The van der Waals surface area contributed by atoms with Gasteiger partial charge in [0.25, 0.3) is 0 Å². The van der Waals surface area contributed by atoms with Gasteiger partial charge in [0.1, 0.15) is 0 Å². The van der Waals surface area contributed by atoms with Crippen LogP contribution in [0.1, 0.15) is 23.6 Å². The van der Waals surface area contributed by atoms with Crippen molar-refractivity contribution in [3.63, 3.8) is 0 Å². The summed E-state index contributed by atoms with van der Waals surface area (Å²) >= 11 is 1.16. The van der Waals surface area contributed by atoms with Crippen molar-refractivity contribution < 1.29 is 14.4 Å². The fraction of sp³-hybridized carbons (Fsp3) is 0.333. The first-order chi connectivity index (χ1) is 16.5. The molecule has 1 aliphatic rings. The van der Waals surface area contributed by atoms with Crippen LogP contribution in [0.2, 0.25) is 0 Å². The zero-order valence-electron chi connectivity index (χ0n) is 18.7. The van der Waals surface area contributed by atoms with Crippen LogP contribution in [0.15, 0.2) is 58.2 Å². The molecule has 1 saturated heterocycles. The maximum atomic E-state index is 13.4. The quantitative estimate of drug-likeness (QED) is 0.418. The lowest BCUT2D eigenvalue weighted by Gasteiger charge is -2.32. The number of rotatable bonds is 7.